The Hall–Kier alpha value is -2.05. The van der Waals surface area contributed by atoms with Crippen LogP contribution in [0.15, 0.2) is 24.3 Å². The van der Waals surface area contributed by atoms with Gasteiger partial charge in [-0.25, -0.2) is 4.79 Å². The minimum atomic E-state index is -0.0133. The van der Waals surface area contributed by atoms with Crippen molar-refractivity contribution in [1.82, 2.24) is 25.0 Å². The summed E-state index contributed by atoms with van der Waals surface area (Å²) < 4.78 is 0. The van der Waals surface area contributed by atoms with Gasteiger partial charge in [-0.3, -0.25) is 4.90 Å². The van der Waals surface area contributed by atoms with Crippen LogP contribution in [0.4, 0.5) is 4.79 Å². The second-order valence-electron chi connectivity index (χ2n) is 7.72. The van der Waals surface area contributed by atoms with E-state index in [1.54, 1.807) is 4.90 Å². The van der Waals surface area contributed by atoms with E-state index < -0.39 is 0 Å². The second kappa shape index (κ2) is 8.76. The van der Waals surface area contributed by atoms with E-state index in [1.165, 1.54) is 10.9 Å². The first-order valence-corrected chi connectivity index (χ1v) is 9.97. The monoisotopic (exact) mass is 371 g/mol. The molecule has 148 valence electrons. The maximum Gasteiger partial charge on any atom is 0.317 e. The van der Waals surface area contributed by atoms with E-state index in [9.17, 15) is 4.79 Å². The van der Waals surface area contributed by atoms with E-state index in [2.05, 4.69) is 53.1 Å². The van der Waals surface area contributed by atoms with Crippen LogP contribution < -0.4 is 5.32 Å². The van der Waals surface area contributed by atoms with E-state index in [4.69, 9.17) is 0 Å². The number of H-pyrrole nitrogens is 1. The Morgan fingerprint density at radius 3 is 2.63 bits per heavy atom. The second-order valence-corrected chi connectivity index (χ2v) is 7.72. The number of piperazine rings is 1. The van der Waals surface area contributed by atoms with Crippen LogP contribution in [0.1, 0.15) is 24.6 Å². The van der Waals surface area contributed by atoms with E-state index in [0.717, 1.165) is 43.8 Å². The van der Waals surface area contributed by atoms with Gasteiger partial charge in [-0.15, -0.1) is 0 Å². The molecular formula is C21H33N5O. The number of carbonyl (C=O) groups excluding carboxylic acids is 1. The third-order valence-corrected chi connectivity index (χ3v) is 5.83. The Kier molecular flexibility index (Phi) is 6.39. The summed E-state index contributed by atoms with van der Waals surface area (Å²) in [5.74, 6) is 0. The Morgan fingerprint density at radius 2 is 1.96 bits per heavy atom. The first-order valence-electron chi connectivity index (χ1n) is 9.97. The molecule has 0 unspecified atom stereocenters. The summed E-state index contributed by atoms with van der Waals surface area (Å²) in [5, 5.41) is 4.36. The van der Waals surface area contributed by atoms with Crippen LogP contribution in [0.3, 0.4) is 0 Å². The van der Waals surface area contributed by atoms with Crippen molar-refractivity contribution in [2.75, 3.05) is 46.8 Å². The summed E-state index contributed by atoms with van der Waals surface area (Å²) in [6, 6.07) is 8.67. The van der Waals surface area contributed by atoms with Gasteiger partial charge in [-0.2, -0.15) is 0 Å². The predicted octanol–water partition coefficient (Wildman–Crippen LogP) is 2.64. The van der Waals surface area contributed by atoms with E-state index in [-0.39, 0.29) is 6.03 Å². The van der Waals surface area contributed by atoms with Crippen LogP contribution in [0.5, 0.6) is 0 Å². The molecule has 1 aromatic heterocycles. The van der Waals surface area contributed by atoms with Crippen LogP contribution >= 0.6 is 0 Å². The summed E-state index contributed by atoms with van der Waals surface area (Å²) in [7, 11) is 4.03. The summed E-state index contributed by atoms with van der Waals surface area (Å²) in [4.78, 5) is 22.7. The first-order chi connectivity index (χ1) is 13.0. The molecule has 2 aromatic rings. The van der Waals surface area contributed by atoms with Crippen molar-refractivity contribution < 1.29 is 4.79 Å². The Morgan fingerprint density at radius 1 is 1.26 bits per heavy atom. The number of likely N-dealkylation sites (N-methyl/N-ethyl adjacent to an activating group) is 1. The number of benzene rings is 1. The molecule has 1 aromatic carbocycles. The molecule has 0 saturated carbocycles. The molecule has 1 saturated heterocycles. The molecule has 2 amide bonds. The standard InChI is InChI=1S/C21H33N5O/c1-5-17(26-12-10-24(3)11-13-26)14-22-21(27)25(4)15-20-16(2)18-8-6-7-9-19(18)23-20/h6-9,17,23H,5,10-15H2,1-4H3,(H,22,27)/t17-/m1/s1. The number of amides is 2. The number of aryl methyl sites for hydroxylation is 1. The highest BCUT2D eigenvalue weighted by Crippen LogP contribution is 2.22. The fourth-order valence-electron chi connectivity index (χ4n) is 3.86. The van der Waals surface area contributed by atoms with Crippen LogP contribution in [0.2, 0.25) is 0 Å². The number of nitrogens with one attached hydrogen (secondary N) is 2. The average molecular weight is 372 g/mol. The summed E-state index contributed by atoms with van der Waals surface area (Å²) in [6.45, 7) is 9.96. The highest BCUT2D eigenvalue weighted by molar-refractivity contribution is 5.84. The van der Waals surface area contributed by atoms with Crippen molar-refractivity contribution in [3.8, 4) is 0 Å². The number of aromatic nitrogens is 1. The molecule has 1 aliphatic rings. The van der Waals surface area contributed by atoms with Crippen LogP contribution in [0, 0.1) is 6.92 Å². The molecule has 2 N–H and O–H groups in total. The van der Waals surface area contributed by atoms with Crippen LogP contribution in [-0.2, 0) is 6.54 Å². The third kappa shape index (κ3) is 4.62. The van der Waals surface area contributed by atoms with Crippen molar-refractivity contribution in [1.29, 1.82) is 0 Å². The van der Waals surface area contributed by atoms with Gasteiger partial charge >= 0.3 is 6.03 Å². The van der Waals surface area contributed by atoms with Gasteiger partial charge in [0.15, 0.2) is 0 Å². The minimum absolute atomic E-state index is 0.0133. The normalized spacial score (nSPS) is 17.2. The zero-order chi connectivity index (χ0) is 19.4. The Bertz CT molecular complexity index is 763. The first kappa shape index (κ1) is 19.7. The molecule has 0 spiro atoms. The van der Waals surface area contributed by atoms with Gasteiger partial charge in [0.2, 0.25) is 0 Å². The lowest BCUT2D eigenvalue weighted by Gasteiger charge is -2.37. The molecule has 1 aliphatic heterocycles. The number of para-hydroxylation sites is 1. The molecule has 27 heavy (non-hydrogen) atoms. The average Bonchev–Trinajstić information content (AvgIpc) is 2.99. The molecule has 2 heterocycles. The van der Waals surface area contributed by atoms with Gasteiger partial charge in [-0.1, -0.05) is 25.1 Å². The number of carbonyl (C=O) groups is 1. The molecule has 0 radical (unpaired) electrons. The number of fused-ring (bicyclic) bond motifs is 1. The smallest absolute Gasteiger partial charge is 0.317 e. The fourth-order valence-corrected chi connectivity index (χ4v) is 3.86. The van der Waals surface area contributed by atoms with Crippen LogP contribution in [-0.4, -0.2) is 78.6 Å². The van der Waals surface area contributed by atoms with Crippen molar-refractivity contribution in [3.05, 3.63) is 35.5 Å². The van der Waals surface area contributed by atoms with E-state index in [0.29, 0.717) is 19.1 Å². The SMILES string of the molecule is CC[C@H](CNC(=O)N(C)Cc1[nH]c2ccccc2c1C)N1CCN(C)CC1. The Labute approximate surface area is 162 Å². The molecule has 6 heteroatoms. The number of urea groups is 1. The van der Waals surface area contributed by atoms with Gasteiger partial charge in [-0.05, 0) is 32.0 Å². The van der Waals surface area contributed by atoms with Crippen molar-refractivity contribution in [2.24, 2.45) is 0 Å². The number of hydrogen-bond donors (Lipinski definition) is 2. The van der Waals surface area contributed by atoms with Crippen molar-refractivity contribution >= 4 is 16.9 Å². The summed E-state index contributed by atoms with van der Waals surface area (Å²) in [6.07, 6.45) is 1.05. The number of hydrogen-bond acceptors (Lipinski definition) is 3. The quantitative estimate of drug-likeness (QED) is 0.821. The zero-order valence-electron chi connectivity index (χ0n) is 17.1. The maximum absolute atomic E-state index is 12.6. The maximum atomic E-state index is 12.6. The molecule has 1 atom stereocenters. The summed E-state index contributed by atoms with van der Waals surface area (Å²) in [5.41, 5.74) is 3.44. The van der Waals surface area contributed by atoms with Gasteiger partial charge in [0.25, 0.3) is 0 Å². The highest BCUT2D eigenvalue weighted by atomic mass is 16.2. The largest absolute Gasteiger partial charge is 0.357 e. The number of rotatable bonds is 6. The molecular weight excluding hydrogens is 338 g/mol. The van der Waals surface area contributed by atoms with Crippen molar-refractivity contribution in [3.63, 3.8) is 0 Å². The molecule has 1 fully saturated rings. The Balaban J connectivity index is 1.54. The van der Waals surface area contributed by atoms with Crippen molar-refractivity contribution in [2.45, 2.75) is 32.9 Å². The van der Waals surface area contributed by atoms with Gasteiger partial charge in [0.05, 0.1) is 6.54 Å². The number of nitrogens with zero attached hydrogens (tertiary/aromatic N) is 3. The fraction of sp³-hybridized carbons (Fsp3) is 0.571. The third-order valence-electron chi connectivity index (χ3n) is 5.83. The zero-order valence-corrected chi connectivity index (χ0v) is 17.1. The molecule has 6 nitrogen and oxygen atoms in total. The lowest BCUT2D eigenvalue weighted by molar-refractivity contribution is 0.107. The van der Waals surface area contributed by atoms with Gasteiger partial charge in [0.1, 0.15) is 0 Å². The lowest BCUT2D eigenvalue weighted by atomic mass is 10.1. The van der Waals surface area contributed by atoms with Gasteiger partial charge < -0.3 is 20.1 Å². The van der Waals surface area contributed by atoms with E-state index >= 15 is 0 Å². The summed E-state index contributed by atoms with van der Waals surface area (Å²) >= 11 is 0. The highest BCUT2D eigenvalue weighted by Gasteiger charge is 2.22. The molecule has 0 aliphatic carbocycles. The topological polar surface area (TPSA) is 54.6 Å². The predicted molar refractivity (Wildman–Crippen MR) is 111 cm³/mol. The lowest BCUT2D eigenvalue weighted by Crippen LogP contribution is -2.53. The molecule has 0 bridgehead atoms. The molecule has 3 rings (SSSR count). The van der Waals surface area contributed by atoms with Crippen LogP contribution in [0.25, 0.3) is 10.9 Å². The van der Waals surface area contributed by atoms with E-state index in [1.807, 2.05) is 19.2 Å². The minimum Gasteiger partial charge on any atom is -0.357 e. The van der Waals surface area contributed by atoms with Gasteiger partial charge in [0, 0.05) is 62.4 Å². The number of aromatic amines is 1.